The lowest BCUT2D eigenvalue weighted by atomic mass is 10.1. The van der Waals surface area contributed by atoms with Gasteiger partial charge in [-0.3, -0.25) is 0 Å². The number of piperidine rings is 1. The smallest absolute Gasteiger partial charge is 0.223 e. The van der Waals surface area contributed by atoms with Crippen molar-refractivity contribution in [1.82, 2.24) is 15.3 Å². The maximum Gasteiger partial charge on any atom is 0.223 e. The predicted octanol–water partition coefficient (Wildman–Crippen LogP) is 0.780. The number of halogens is 1. The summed E-state index contributed by atoms with van der Waals surface area (Å²) in [5, 5.41) is 6.43. The average molecular weight is 196 g/mol. The van der Waals surface area contributed by atoms with Gasteiger partial charge >= 0.3 is 0 Å². The van der Waals surface area contributed by atoms with E-state index < -0.39 is 5.82 Å². The predicted molar refractivity (Wildman–Crippen MR) is 51.5 cm³/mol. The van der Waals surface area contributed by atoms with E-state index in [4.69, 9.17) is 0 Å². The highest BCUT2D eigenvalue weighted by molar-refractivity contribution is 5.24. The van der Waals surface area contributed by atoms with E-state index in [1.165, 1.54) is 12.4 Å². The van der Waals surface area contributed by atoms with Crippen molar-refractivity contribution in [3.8, 4) is 0 Å². The number of anilines is 1. The zero-order valence-corrected chi connectivity index (χ0v) is 7.83. The molecule has 4 nitrogen and oxygen atoms in total. The van der Waals surface area contributed by atoms with E-state index in [9.17, 15) is 4.39 Å². The van der Waals surface area contributed by atoms with Gasteiger partial charge in [-0.1, -0.05) is 0 Å². The Labute approximate surface area is 82.0 Å². The maximum atomic E-state index is 12.5. The monoisotopic (exact) mass is 196 g/mol. The van der Waals surface area contributed by atoms with Crippen LogP contribution in [0, 0.1) is 5.82 Å². The largest absolute Gasteiger partial charge is 0.350 e. The van der Waals surface area contributed by atoms with Crippen LogP contribution >= 0.6 is 0 Å². The van der Waals surface area contributed by atoms with Crippen molar-refractivity contribution in [1.29, 1.82) is 0 Å². The first-order chi connectivity index (χ1) is 6.84. The first-order valence-corrected chi connectivity index (χ1v) is 4.79. The summed E-state index contributed by atoms with van der Waals surface area (Å²) >= 11 is 0. The van der Waals surface area contributed by atoms with Crippen molar-refractivity contribution >= 4 is 5.95 Å². The van der Waals surface area contributed by atoms with Crippen molar-refractivity contribution in [2.24, 2.45) is 0 Å². The molecule has 0 radical (unpaired) electrons. The highest BCUT2D eigenvalue weighted by Gasteiger charge is 2.13. The molecule has 1 atom stereocenters. The maximum absolute atomic E-state index is 12.5. The zero-order chi connectivity index (χ0) is 9.80. The van der Waals surface area contributed by atoms with Gasteiger partial charge < -0.3 is 10.6 Å². The zero-order valence-electron chi connectivity index (χ0n) is 7.83. The molecule has 1 fully saturated rings. The quantitative estimate of drug-likeness (QED) is 0.734. The molecular formula is C9H13FN4. The number of nitrogens with one attached hydrogen (secondary N) is 2. The molecule has 1 aliphatic heterocycles. The van der Waals surface area contributed by atoms with E-state index in [0.29, 0.717) is 12.0 Å². The Hall–Kier alpha value is -1.23. The second-order valence-electron chi connectivity index (χ2n) is 3.41. The van der Waals surface area contributed by atoms with E-state index in [2.05, 4.69) is 20.6 Å². The van der Waals surface area contributed by atoms with Gasteiger partial charge in [0.25, 0.3) is 0 Å². The van der Waals surface area contributed by atoms with Crippen LogP contribution in [-0.2, 0) is 0 Å². The molecule has 0 spiro atoms. The van der Waals surface area contributed by atoms with E-state index in [-0.39, 0.29) is 0 Å². The first-order valence-electron chi connectivity index (χ1n) is 4.79. The van der Waals surface area contributed by atoms with Crippen LogP contribution in [0.15, 0.2) is 12.4 Å². The van der Waals surface area contributed by atoms with Gasteiger partial charge in [0.15, 0.2) is 5.82 Å². The third-order valence-electron chi connectivity index (χ3n) is 2.25. The summed E-state index contributed by atoms with van der Waals surface area (Å²) < 4.78 is 12.5. The summed E-state index contributed by atoms with van der Waals surface area (Å²) in [6.07, 6.45) is 4.60. The normalized spacial score (nSPS) is 21.9. The molecular weight excluding hydrogens is 183 g/mol. The number of nitrogens with zero attached hydrogens (tertiary/aromatic N) is 2. The minimum absolute atomic E-state index is 0.356. The Morgan fingerprint density at radius 1 is 1.43 bits per heavy atom. The molecule has 1 aliphatic rings. The summed E-state index contributed by atoms with van der Waals surface area (Å²) in [4.78, 5) is 7.69. The number of rotatable bonds is 2. The molecule has 0 saturated carbocycles. The molecule has 1 aromatic heterocycles. The summed E-state index contributed by atoms with van der Waals surface area (Å²) in [6.45, 7) is 1.99. The van der Waals surface area contributed by atoms with E-state index in [0.717, 1.165) is 25.9 Å². The fourth-order valence-electron chi connectivity index (χ4n) is 1.54. The average Bonchev–Trinajstić information content (AvgIpc) is 2.23. The number of hydrogen-bond donors (Lipinski definition) is 2. The Morgan fingerprint density at radius 2 is 2.21 bits per heavy atom. The fraction of sp³-hybridized carbons (Fsp3) is 0.556. The highest BCUT2D eigenvalue weighted by atomic mass is 19.1. The van der Waals surface area contributed by atoms with Crippen LogP contribution in [0.5, 0.6) is 0 Å². The Balaban J connectivity index is 1.92. The molecule has 0 aromatic carbocycles. The Morgan fingerprint density at radius 3 is 2.86 bits per heavy atom. The van der Waals surface area contributed by atoms with Crippen LogP contribution in [0.2, 0.25) is 0 Å². The van der Waals surface area contributed by atoms with Gasteiger partial charge in [-0.05, 0) is 19.4 Å². The molecule has 0 aliphatic carbocycles. The van der Waals surface area contributed by atoms with E-state index in [1.54, 1.807) is 0 Å². The Kier molecular flexibility index (Phi) is 2.88. The summed E-state index contributed by atoms with van der Waals surface area (Å²) in [5.41, 5.74) is 0. The minimum atomic E-state index is -0.405. The van der Waals surface area contributed by atoms with Crippen LogP contribution in [0.4, 0.5) is 10.3 Å². The van der Waals surface area contributed by atoms with Crippen molar-refractivity contribution in [3.63, 3.8) is 0 Å². The van der Waals surface area contributed by atoms with Crippen molar-refractivity contribution in [3.05, 3.63) is 18.2 Å². The molecule has 0 unspecified atom stereocenters. The van der Waals surface area contributed by atoms with Crippen LogP contribution in [-0.4, -0.2) is 29.1 Å². The minimum Gasteiger partial charge on any atom is -0.350 e. The summed E-state index contributed by atoms with van der Waals surface area (Å²) in [5.74, 6) is 0.0948. The van der Waals surface area contributed by atoms with Gasteiger partial charge in [-0.15, -0.1) is 0 Å². The Bertz CT molecular complexity index is 281. The van der Waals surface area contributed by atoms with Crippen LogP contribution in [0.1, 0.15) is 12.8 Å². The molecule has 2 heterocycles. The van der Waals surface area contributed by atoms with Gasteiger partial charge in [0.1, 0.15) is 0 Å². The lowest BCUT2D eigenvalue weighted by Crippen LogP contribution is -2.38. The molecule has 14 heavy (non-hydrogen) atoms. The second kappa shape index (κ2) is 4.32. The van der Waals surface area contributed by atoms with Crippen molar-refractivity contribution in [2.75, 3.05) is 18.4 Å². The second-order valence-corrected chi connectivity index (χ2v) is 3.41. The molecule has 76 valence electrons. The first kappa shape index (κ1) is 9.33. The van der Waals surface area contributed by atoms with Gasteiger partial charge in [0.05, 0.1) is 12.4 Å². The van der Waals surface area contributed by atoms with Gasteiger partial charge in [0.2, 0.25) is 5.95 Å². The standard InChI is InChI=1S/C9H13FN4/c10-7-4-12-9(13-5-7)14-8-2-1-3-11-6-8/h4-5,8,11H,1-3,6H2,(H,12,13,14)/t8-/m0/s1. The van der Waals surface area contributed by atoms with Gasteiger partial charge in [-0.25, -0.2) is 14.4 Å². The van der Waals surface area contributed by atoms with E-state index >= 15 is 0 Å². The van der Waals surface area contributed by atoms with Gasteiger partial charge in [0, 0.05) is 12.6 Å². The molecule has 2 rings (SSSR count). The van der Waals surface area contributed by atoms with Crippen molar-refractivity contribution in [2.45, 2.75) is 18.9 Å². The van der Waals surface area contributed by atoms with E-state index in [1.807, 2.05) is 0 Å². The van der Waals surface area contributed by atoms with Crippen LogP contribution in [0.25, 0.3) is 0 Å². The lowest BCUT2D eigenvalue weighted by molar-refractivity contribution is 0.477. The third kappa shape index (κ3) is 2.38. The SMILES string of the molecule is Fc1cnc(N[C@H]2CCCNC2)nc1. The molecule has 2 N–H and O–H groups in total. The molecule has 1 aromatic rings. The topological polar surface area (TPSA) is 49.8 Å². The lowest BCUT2D eigenvalue weighted by Gasteiger charge is -2.23. The molecule has 0 bridgehead atoms. The fourth-order valence-corrected chi connectivity index (χ4v) is 1.54. The molecule has 1 saturated heterocycles. The van der Waals surface area contributed by atoms with Gasteiger partial charge in [-0.2, -0.15) is 0 Å². The third-order valence-corrected chi connectivity index (χ3v) is 2.25. The van der Waals surface area contributed by atoms with Crippen LogP contribution < -0.4 is 10.6 Å². The highest BCUT2D eigenvalue weighted by Crippen LogP contribution is 2.07. The van der Waals surface area contributed by atoms with Crippen molar-refractivity contribution < 1.29 is 4.39 Å². The number of hydrogen-bond acceptors (Lipinski definition) is 4. The summed E-state index contributed by atoms with van der Waals surface area (Å²) in [6, 6.07) is 0.356. The van der Waals surface area contributed by atoms with Crippen LogP contribution in [0.3, 0.4) is 0 Å². The number of aromatic nitrogens is 2. The summed E-state index contributed by atoms with van der Waals surface area (Å²) in [7, 11) is 0. The molecule has 5 heteroatoms. The molecule has 0 amide bonds.